The lowest BCUT2D eigenvalue weighted by Gasteiger charge is -1.99. The van der Waals surface area contributed by atoms with Crippen molar-refractivity contribution in [2.45, 2.75) is 13.8 Å². The van der Waals surface area contributed by atoms with Gasteiger partial charge in [0.05, 0.1) is 5.70 Å². The van der Waals surface area contributed by atoms with Crippen LogP contribution in [0.25, 0.3) is 0 Å². The minimum Gasteiger partial charge on any atom is -0.352 e. The van der Waals surface area contributed by atoms with Crippen LogP contribution in [0.4, 0.5) is 5.69 Å². The third kappa shape index (κ3) is 1.43. The zero-order valence-electron chi connectivity index (χ0n) is 8.37. The van der Waals surface area contributed by atoms with Crippen molar-refractivity contribution < 1.29 is 4.79 Å². The van der Waals surface area contributed by atoms with E-state index in [9.17, 15) is 4.79 Å². The smallest absolute Gasteiger partial charge is 0.210 e. The van der Waals surface area contributed by atoms with Crippen LogP contribution in [-0.2, 0) is 0 Å². The Balaban J connectivity index is 2.39. The Morgan fingerprint density at radius 2 is 2.00 bits per heavy atom. The van der Waals surface area contributed by atoms with E-state index in [1.165, 1.54) is 0 Å². The average molecular weight is 187 g/mol. The lowest BCUT2D eigenvalue weighted by molar-refractivity contribution is 0.104. The molecule has 2 rings (SSSR count). The number of benzene rings is 1. The summed E-state index contributed by atoms with van der Waals surface area (Å²) >= 11 is 0. The van der Waals surface area contributed by atoms with Gasteiger partial charge in [0.2, 0.25) is 5.78 Å². The molecule has 1 aliphatic rings. The maximum absolute atomic E-state index is 11.8. The van der Waals surface area contributed by atoms with Gasteiger partial charge < -0.3 is 5.32 Å². The molecule has 72 valence electrons. The summed E-state index contributed by atoms with van der Waals surface area (Å²) in [5.74, 6) is 0.491. The first-order valence-electron chi connectivity index (χ1n) is 4.81. The predicted molar refractivity (Wildman–Crippen MR) is 57.3 cm³/mol. The van der Waals surface area contributed by atoms with E-state index in [0.29, 0.717) is 11.6 Å². The molecular weight excluding hydrogens is 174 g/mol. The van der Waals surface area contributed by atoms with Crippen LogP contribution in [0.3, 0.4) is 0 Å². The molecule has 0 aromatic heterocycles. The summed E-state index contributed by atoms with van der Waals surface area (Å²) in [6, 6.07) is 7.59. The van der Waals surface area contributed by atoms with Crippen LogP contribution in [0.5, 0.6) is 0 Å². The number of hydrogen-bond donors (Lipinski definition) is 1. The van der Waals surface area contributed by atoms with Gasteiger partial charge in [0, 0.05) is 11.3 Å². The Bertz CT molecular complexity index is 405. The monoisotopic (exact) mass is 187 g/mol. The van der Waals surface area contributed by atoms with Crippen molar-refractivity contribution in [3.8, 4) is 0 Å². The summed E-state index contributed by atoms with van der Waals surface area (Å²) in [7, 11) is 0. The number of carbonyl (C=O) groups excluding carboxylic acids is 1. The van der Waals surface area contributed by atoms with E-state index in [1.807, 2.05) is 30.3 Å². The molecule has 1 aliphatic heterocycles. The minimum atomic E-state index is 0.106. The number of hydrogen-bond acceptors (Lipinski definition) is 2. The topological polar surface area (TPSA) is 29.1 Å². The fraction of sp³-hybridized carbons (Fsp3) is 0.250. The molecule has 2 nitrogen and oxygen atoms in total. The minimum absolute atomic E-state index is 0.106. The summed E-state index contributed by atoms with van der Waals surface area (Å²) in [4.78, 5) is 11.8. The molecule has 0 spiro atoms. The van der Waals surface area contributed by atoms with Crippen LogP contribution >= 0.6 is 0 Å². The van der Waals surface area contributed by atoms with Gasteiger partial charge in [0.1, 0.15) is 0 Å². The number of rotatable bonds is 1. The Morgan fingerprint density at radius 3 is 2.64 bits per heavy atom. The van der Waals surface area contributed by atoms with E-state index in [1.54, 1.807) is 0 Å². The van der Waals surface area contributed by atoms with Gasteiger partial charge in [0.15, 0.2) is 0 Å². The second-order valence-electron chi connectivity index (χ2n) is 3.82. The van der Waals surface area contributed by atoms with Crippen LogP contribution in [0.2, 0.25) is 0 Å². The van der Waals surface area contributed by atoms with E-state index in [4.69, 9.17) is 0 Å². The molecule has 0 unspecified atom stereocenters. The second kappa shape index (κ2) is 3.29. The molecule has 1 aromatic rings. The van der Waals surface area contributed by atoms with Gasteiger partial charge in [-0.25, -0.2) is 0 Å². The molecule has 0 saturated carbocycles. The zero-order valence-corrected chi connectivity index (χ0v) is 8.37. The van der Waals surface area contributed by atoms with Crippen LogP contribution < -0.4 is 5.32 Å². The Morgan fingerprint density at radius 1 is 1.29 bits per heavy atom. The number of para-hydroxylation sites is 1. The Hall–Kier alpha value is -1.57. The number of ketones is 1. The molecule has 0 aliphatic carbocycles. The highest BCUT2D eigenvalue weighted by atomic mass is 16.1. The third-order valence-corrected chi connectivity index (χ3v) is 2.19. The summed E-state index contributed by atoms with van der Waals surface area (Å²) in [5, 5.41) is 3.13. The maximum atomic E-state index is 11.8. The molecule has 0 bridgehead atoms. The van der Waals surface area contributed by atoms with Crippen molar-refractivity contribution in [3.05, 3.63) is 41.6 Å². The zero-order chi connectivity index (χ0) is 10.1. The van der Waals surface area contributed by atoms with Crippen LogP contribution in [0.15, 0.2) is 36.0 Å². The normalized spacial score (nSPS) is 17.4. The third-order valence-electron chi connectivity index (χ3n) is 2.19. The van der Waals surface area contributed by atoms with Crippen LogP contribution in [-0.4, -0.2) is 5.78 Å². The van der Waals surface area contributed by atoms with Crippen molar-refractivity contribution in [1.29, 1.82) is 0 Å². The van der Waals surface area contributed by atoms with Crippen molar-refractivity contribution in [1.82, 2.24) is 0 Å². The molecule has 0 fully saturated rings. The molecule has 1 aromatic carbocycles. The van der Waals surface area contributed by atoms with Crippen molar-refractivity contribution in [2.24, 2.45) is 5.92 Å². The average Bonchev–Trinajstić information content (AvgIpc) is 2.44. The predicted octanol–water partition coefficient (Wildman–Crippen LogP) is 2.83. The lowest BCUT2D eigenvalue weighted by atomic mass is 10.1. The highest BCUT2D eigenvalue weighted by Crippen LogP contribution is 2.27. The van der Waals surface area contributed by atoms with Gasteiger partial charge in [-0.1, -0.05) is 32.1 Å². The lowest BCUT2D eigenvalue weighted by Crippen LogP contribution is -2.01. The van der Waals surface area contributed by atoms with E-state index in [0.717, 1.165) is 11.3 Å². The van der Waals surface area contributed by atoms with Crippen molar-refractivity contribution in [2.75, 3.05) is 5.32 Å². The highest BCUT2D eigenvalue weighted by Gasteiger charge is 2.23. The molecule has 0 radical (unpaired) electrons. The summed E-state index contributed by atoms with van der Waals surface area (Å²) in [6.07, 6.45) is 1.96. The van der Waals surface area contributed by atoms with E-state index >= 15 is 0 Å². The van der Waals surface area contributed by atoms with Crippen LogP contribution in [0.1, 0.15) is 24.2 Å². The highest BCUT2D eigenvalue weighted by molar-refractivity contribution is 6.18. The van der Waals surface area contributed by atoms with Crippen LogP contribution in [0, 0.1) is 5.92 Å². The van der Waals surface area contributed by atoms with Gasteiger partial charge in [-0.3, -0.25) is 4.79 Å². The number of carbonyl (C=O) groups is 1. The summed E-state index contributed by atoms with van der Waals surface area (Å²) in [5.41, 5.74) is 2.41. The molecule has 1 heterocycles. The van der Waals surface area contributed by atoms with Gasteiger partial charge in [-0.05, 0) is 18.1 Å². The largest absolute Gasteiger partial charge is 0.352 e. The SMILES string of the molecule is CC(C)/C=C1/Nc2ccccc2C1=O. The van der Waals surface area contributed by atoms with Crippen molar-refractivity contribution in [3.63, 3.8) is 0 Å². The van der Waals surface area contributed by atoms with Crippen molar-refractivity contribution >= 4 is 11.5 Å². The first kappa shape index (κ1) is 9.00. The standard InChI is InChI=1S/C12H13NO/c1-8(2)7-11-12(14)9-5-3-4-6-10(9)13-11/h3-8,13H,1-2H3/b11-7+. The number of nitrogens with one attached hydrogen (secondary N) is 1. The summed E-state index contributed by atoms with van der Waals surface area (Å²) < 4.78 is 0. The fourth-order valence-electron chi connectivity index (χ4n) is 1.59. The molecule has 0 amide bonds. The van der Waals surface area contributed by atoms with E-state index in [-0.39, 0.29) is 5.78 Å². The van der Waals surface area contributed by atoms with E-state index < -0.39 is 0 Å². The summed E-state index contributed by atoms with van der Waals surface area (Å²) in [6.45, 7) is 4.12. The number of Topliss-reactive ketones (excluding diaryl/α,β-unsaturated/α-hetero) is 1. The van der Waals surface area contributed by atoms with Gasteiger partial charge in [-0.2, -0.15) is 0 Å². The molecule has 1 N–H and O–H groups in total. The number of fused-ring (bicyclic) bond motifs is 1. The van der Waals surface area contributed by atoms with Gasteiger partial charge in [0.25, 0.3) is 0 Å². The first-order valence-corrected chi connectivity index (χ1v) is 4.81. The Kier molecular flexibility index (Phi) is 2.12. The molecule has 0 atom stereocenters. The Labute approximate surface area is 83.6 Å². The quantitative estimate of drug-likeness (QED) is 0.685. The molecule has 2 heteroatoms. The van der Waals surface area contributed by atoms with Gasteiger partial charge >= 0.3 is 0 Å². The molecule has 14 heavy (non-hydrogen) atoms. The maximum Gasteiger partial charge on any atom is 0.210 e. The molecular formula is C12H13NO. The van der Waals surface area contributed by atoms with E-state index in [2.05, 4.69) is 19.2 Å². The second-order valence-corrected chi connectivity index (χ2v) is 3.82. The number of anilines is 1. The number of allylic oxidation sites excluding steroid dienone is 2. The van der Waals surface area contributed by atoms with Gasteiger partial charge in [-0.15, -0.1) is 0 Å². The first-order chi connectivity index (χ1) is 6.68. The fourth-order valence-corrected chi connectivity index (χ4v) is 1.59. The molecule has 0 saturated heterocycles.